The van der Waals surface area contributed by atoms with Crippen LogP contribution in [-0.4, -0.2) is 19.6 Å². The van der Waals surface area contributed by atoms with E-state index in [1.807, 2.05) is 0 Å². The van der Waals surface area contributed by atoms with Crippen LogP contribution in [-0.2, 0) is 10.0 Å². The number of sulfonamides is 1. The van der Waals surface area contributed by atoms with E-state index in [0.29, 0.717) is 27.2 Å². The molecule has 0 aliphatic rings. The normalized spacial score (nSPS) is 11.1. The number of halogens is 2. The first kappa shape index (κ1) is 20.0. The fraction of sp³-hybridized carbons (Fsp3) is 0.0588. The zero-order valence-electron chi connectivity index (χ0n) is 14.4. The molecule has 0 atom stereocenters. The molecule has 2 aromatic carbocycles. The van der Waals surface area contributed by atoms with Crippen LogP contribution < -0.4 is 15.4 Å². The van der Waals surface area contributed by atoms with Gasteiger partial charge in [0, 0.05) is 17.4 Å². The predicted molar refractivity (Wildman–Crippen MR) is 108 cm³/mol. The number of nitrogens with one attached hydrogen (secondary N) is 3. The standard InChI is InChI=1S/C17H14Cl2N4O4S/c1-10-8-16(22-27-10)23-28(25,26)13-5-2-11(3-6-13)20-17(24)21-12-4-7-14(18)15(19)9-12/h2-9H,1H3,(H,22,23)(H2,20,21,24). The third-order valence-electron chi connectivity index (χ3n) is 3.47. The van der Waals surface area contributed by atoms with Crippen molar-refractivity contribution in [3.05, 3.63) is 64.3 Å². The maximum absolute atomic E-state index is 12.3. The maximum atomic E-state index is 12.3. The van der Waals surface area contributed by atoms with Crippen LogP contribution in [0.4, 0.5) is 22.0 Å². The molecule has 0 unspecified atom stereocenters. The van der Waals surface area contributed by atoms with Gasteiger partial charge in [0.15, 0.2) is 5.82 Å². The van der Waals surface area contributed by atoms with Crippen LogP contribution >= 0.6 is 23.2 Å². The molecule has 11 heteroatoms. The van der Waals surface area contributed by atoms with Gasteiger partial charge >= 0.3 is 6.03 Å². The summed E-state index contributed by atoms with van der Waals surface area (Å²) in [6.45, 7) is 1.65. The highest BCUT2D eigenvalue weighted by atomic mass is 35.5. The molecule has 0 saturated heterocycles. The van der Waals surface area contributed by atoms with Gasteiger partial charge in [-0.25, -0.2) is 13.2 Å². The van der Waals surface area contributed by atoms with Crippen LogP contribution in [0.2, 0.25) is 10.0 Å². The lowest BCUT2D eigenvalue weighted by molar-refractivity contribution is 0.262. The summed E-state index contributed by atoms with van der Waals surface area (Å²) in [6.07, 6.45) is 0. The van der Waals surface area contributed by atoms with E-state index in [2.05, 4.69) is 20.5 Å². The summed E-state index contributed by atoms with van der Waals surface area (Å²) >= 11 is 11.7. The Morgan fingerprint density at radius 1 is 0.964 bits per heavy atom. The van der Waals surface area contributed by atoms with Gasteiger partial charge in [-0.3, -0.25) is 4.72 Å². The van der Waals surface area contributed by atoms with Crippen molar-refractivity contribution in [3.8, 4) is 0 Å². The molecule has 0 fully saturated rings. The van der Waals surface area contributed by atoms with Crippen LogP contribution in [0.1, 0.15) is 5.76 Å². The average Bonchev–Trinajstić information content (AvgIpc) is 3.02. The highest BCUT2D eigenvalue weighted by Gasteiger charge is 2.16. The monoisotopic (exact) mass is 440 g/mol. The Bertz CT molecular complexity index is 1110. The first-order valence-electron chi connectivity index (χ1n) is 7.82. The molecule has 0 radical (unpaired) electrons. The van der Waals surface area contributed by atoms with E-state index in [0.717, 1.165) is 0 Å². The van der Waals surface area contributed by atoms with Crippen molar-refractivity contribution >= 4 is 56.4 Å². The number of aryl methyl sites for hydroxylation is 1. The first-order valence-corrected chi connectivity index (χ1v) is 10.1. The largest absolute Gasteiger partial charge is 0.360 e. The Kier molecular flexibility index (Phi) is 5.78. The van der Waals surface area contributed by atoms with Crippen molar-refractivity contribution in [3.63, 3.8) is 0 Å². The molecule has 146 valence electrons. The molecular weight excluding hydrogens is 427 g/mol. The molecule has 1 heterocycles. The molecule has 0 bridgehead atoms. The molecule has 0 aliphatic carbocycles. The van der Waals surface area contributed by atoms with Gasteiger partial charge in [0.25, 0.3) is 10.0 Å². The van der Waals surface area contributed by atoms with E-state index in [-0.39, 0.29) is 10.7 Å². The minimum absolute atomic E-state index is 0.00333. The number of amides is 2. The SMILES string of the molecule is Cc1cc(NS(=O)(=O)c2ccc(NC(=O)Nc3ccc(Cl)c(Cl)c3)cc2)no1. The van der Waals surface area contributed by atoms with E-state index < -0.39 is 16.1 Å². The van der Waals surface area contributed by atoms with Crippen molar-refractivity contribution in [2.75, 3.05) is 15.4 Å². The molecule has 0 spiro atoms. The van der Waals surface area contributed by atoms with E-state index >= 15 is 0 Å². The molecule has 3 rings (SSSR count). The van der Waals surface area contributed by atoms with Crippen molar-refractivity contribution in [1.29, 1.82) is 0 Å². The summed E-state index contributed by atoms with van der Waals surface area (Å²) in [5.41, 5.74) is 0.854. The minimum Gasteiger partial charge on any atom is -0.360 e. The van der Waals surface area contributed by atoms with Crippen molar-refractivity contribution in [1.82, 2.24) is 5.16 Å². The van der Waals surface area contributed by atoms with Gasteiger partial charge in [-0.2, -0.15) is 0 Å². The van der Waals surface area contributed by atoms with Gasteiger partial charge in [0.2, 0.25) is 0 Å². The number of hydrogen-bond acceptors (Lipinski definition) is 5. The number of benzene rings is 2. The minimum atomic E-state index is -3.83. The number of urea groups is 1. The third-order valence-corrected chi connectivity index (χ3v) is 5.58. The average molecular weight is 441 g/mol. The van der Waals surface area contributed by atoms with E-state index in [1.165, 1.54) is 36.4 Å². The Labute approximate surface area is 170 Å². The van der Waals surface area contributed by atoms with Gasteiger partial charge in [0.1, 0.15) is 5.76 Å². The highest BCUT2D eigenvalue weighted by molar-refractivity contribution is 7.92. The van der Waals surface area contributed by atoms with Gasteiger partial charge in [-0.05, 0) is 49.4 Å². The molecule has 8 nitrogen and oxygen atoms in total. The number of carbonyl (C=O) groups is 1. The summed E-state index contributed by atoms with van der Waals surface area (Å²) in [5, 5.41) is 9.45. The quantitative estimate of drug-likeness (QED) is 0.530. The van der Waals surface area contributed by atoms with Crippen LogP contribution in [0.25, 0.3) is 0 Å². The molecular formula is C17H14Cl2N4O4S. The Morgan fingerprint density at radius 2 is 1.61 bits per heavy atom. The number of carbonyl (C=O) groups excluding carboxylic acids is 1. The van der Waals surface area contributed by atoms with E-state index in [1.54, 1.807) is 19.1 Å². The Morgan fingerprint density at radius 3 is 2.21 bits per heavy atom. The number of hydrogen-bond donors (Lipinski definition) is 3. The van der Waals surface area contributed by atoms with Crippen molar-refractivity contribution in [2.24, 2.45) is 0 Å². The Hall–Kier alpha value is -2.75. The van der Waals surface area contributed by atoms with Crippen LogP contribution in [0, 0.1) is 6.92 Å². The summed E-state index contributed by atoms with van der Waals surface area (Å²) in [4.78, 5) is 12.1. The maximum Gasteiger partial charge on any atom is 0.323 e. The molecule has 0 saturated carbocycles. The van der Waals surface area contributed by atoms with Gasteiger partial charge in [-0.15, -0.1) is 0 Å². The van der Waals surface area contributed by atoms with Crippen molar-refractivity contribution < 1.29 is 17.7 Å². The van der Waals surface area contributed by atoms with Crippen LogP contribution in [0.15, 0.2) is 57.9 Å². The summed E-state index contributed by atoms with van der Waals surface area (Å²) in [7, 11) is -3.83. The smallest absolute Gasteiger partial charge is 0.323 e. The zero-order chi connectivity index (χ0) is 20.3. The van der Waals surface area contributed by atoms with Crippen LogP contribution in [0.3, 0.4) is 0 Å². The highest BCUT2D eigenvalue weighted by Crippen LogP contribution is 2.25. The first-order chi connectivity index (χ1) is 13.2. The van der Waals surface area contributed by atoms with Gasteiger partial charge in [0.05, 0.1) is 14.9 Å². The fourth-order valence-electron chi connectivity index (χ4n) is 2.20. The lowest BCUT2D eigenvalue weighted by Gasteiger charge is -2.09. The second-order valence-electron chi connectivity index (χ2n) is 5.66. The topological polar surface area (TPSA) is 113 Å². The van der Waals surface area contributed by atoms with E-state index in [9.17, 15) is 13.2 Å². The fourth-order valence-corrected chi connectivity index (χ4v) is 3.48. The molecule has 1 aromatic heterocycles. The molecule has 2 amide bonds. The molecule has 0 aliphatic heterocycles. The molecule has 3 N–H and O–H groups in total. The number of aromatic nitrogens is 1. The summed E-state index contributed by atoms with van der Waals surface area (Å²) in [5.74, 6) is 0.561. The number of anilines is 3. The third kappa shape index (κ3) is 4.94. The van der Waals surface area contributed by atoms with Gasteiger partial charge in [-0.1, -0.05) is 28.4 Å². The summed E-state index contributed by atoms with van der Waals surface area (Å²) < 4.78 is 31.8. The number of nitrogens with zero attached hydrogens (tertiary/aromatic N) is 1. The van der Waals surface area contributed by atoms with E-state index in [4.69, 9.17) is 27.7 Å². The van der Waals surface area contributed by atoms with Crippen LogP contribution in [0.5, 0.6) is 0 Å². The summed E-state index contributed by atoms with van der Waals surface area (Å²) in [6, 6.07) is 11.2. The van der Waals surface area contributed by atoms with Crippen molar-refractivity contribution in [2.45, 2.75) is 11.8 Å². The second-order valence-corrected chi connectivity index (χ2v) is 8.16. The number of rotatable bonds is 5. The lowest BCUT2D eigenvalue weighted by atomic mass is 10.3. The zero-order valence-corrected chi connectivity index (χ0v) is 16.7. The molecule has 28 heavy (non-hydrogen) atoms. The Balaban J connectivity index is 1.64. The molecule has 3 aromatic rings. The van der Waals surface area contributed by atoms with Gasteiger partial charge < -0.3 is 15.2 Å². The lowest BCUT2D eigenvalue weighted by Crippen LogP contribution is -2.19. The predicted octanol–water partition coefficient (Wildman–Crippen LogP) is 4.73. The second kappa shape index (κ2) is 8.09.